The van der Waals surface area contributed by atoms with Gasteiger partial charge in [-0.1, -0.05) is 44.9 Å². The van der Waals surface area contributed by atoms with Gasteiger partial charge in [0, 0.05) is 0 Å². The van der Waals surface area contributed by atoms with Crippen LogP contribution in [0.15, 0.2) is 0 Å². The van der Waals surface area contributed by atoms with E-state index in [1.807, 2.05) is 0 Å². The third-order valence-corrected chi connectivity index (χ3v) is 4.17. The molecule has 0 aromatic rings. The van der Waals surface area contributed by atoms with Gasteiger partial charge in [-0.15, -0.1) is 0 Å². The second-order valence-electron chi connectivity index (χ2n) is 7.04. The molecule has 1 aliphatic rings. The van der Waals surface area contributed by atoms with Gasteiger partial charge < -0.3 is 19.2 Å². The van der Waals surface area contributed by atoms with Crippen LogP contribution in [-0.4, -0.2) is 46.3 Å². The molecule has 1 aliphatic carbocycles. The average Bonchev–Trinajstić information content (AvgIpc) is 2.25. The Kier molecular flexibility index (Phi) is 10.8. The highest BCUT2D eigenvalue weighted by Crippen LogP contribution is 2.25. The van der Waals surface area contributed by atoms with Crippen LogP contribution in [0.2, 0.25) is 0 Å². The van der Waals surface area contributed by atoms with E-state index in [1.165, 1.54) is 75.1 Å². The summed E-state index contributed by atoms with van der Waals surface area (Å²) in [5.74, 6) is 0. The highest BCUT2D eigenvalue weighted by atomic mass is 31.2. The van der Waals surface area contributed by atoms with Gasteiger partial charge in [-0.3, -0.25) is 0 Å². The van der Waals surface area contributed by atoms with E-state index in [1.54, 1.807) is 0 Å². The van der Waals surface area contributed by atoms with E-state index in [0.717, 1.165) is 6.04 Å². The minimum Gasteiger partial charge on any atom is -0.328 e. The predicted octanol–water partition coefficient (Wildman–Crippen LogP) is 3.44. The molecule has 0 saturated heterocycles. The van der Waals surface area contributed by atoms with Gasteiger partial charge in [0.2, 0.25) is 0 Å². The second kappa shape index (κ2) is 10.7. The molecule has 5 nitrogen and oxygen atoms in total. The molecule has 0 aliphatic heterocycles. The van der Waals surface area contributed by atoms with Crippen LogP contribution in [0.5, 0.6) is 0 Å². The van der Waals surface area contributed by atoms with Gasteiger partial charge in [0.1, 0.15) is 0 Å². The summed E-state index contributed by atoms with van der Waals surface area (Å²) < 4.78 is 10.0. The quantitative estimate of drug-likeness (QED) is 0.510. The van der Waals surface area contributed by atoms with Crippen molar-refractivity contribution in [3.63, 3.8) is 0 Å². The predicted molar refractivity (Wildman–Crippen MR) is 86.9 cm³/mol. The summed E-state index contributed by atoms with van der Waals surface area (Å²) >= 11 is 0. The molecule has 1 saturated carbocycles. The minimum absolute atomic E-state index is 0.902. The lowest BCUT2D eigenvalue weighted by atomic mass is 9.96. The van der Waals surface area contributed by atoms with Crippen LogP contribution in [0.25, 0.3) is 0 Å². The minimum atomic E-state index is -4.64. The molecule has 1 fully saturated rings. The van der Waals surface area contributed by atoms with Crippen molar-refractivity contribution in [3.8, 4) is 0 Å². The van der Waals surface area contributed by atoms with Crippen molar-refractivity contribution in [3.05, 3.63) is 0 Å². The Hall–Kier alpha value is 0.0700. The van der Waals surface area contributed by atoms with Crippen LogP contribution in [0.1, 0.15) is 70.6 Å². The standard InChI is InChI=1S/C15H32N.H3O4P/c1-16(2,3)15-13-11-9-7-5-4-6-8-10-12-14-15;1-5(2,3)4/h15H,4-14H2,1-3H3;(H3,1,2,3,4)/q+1;. The van der Waals surface area contributed by atoms with Gasteiger partial charge in [-0.25, -0.2) is 4.57 Å². The third-order valence-electron chi connectivity index (χ3n) is 4.17. The SMILES string of the molecule is C[N+](C)(C)C1CCCCCCCCCCC1.O=P(O)(O)O. The summed E-state index contributed by atoms with van der Waals surface area (Å²) in [6, 6.07) is 0.902. The topological polar surface area (TPSA) is 77.8 Å². The molecule has 0 unspecified atom stereocenters. The molecule has 0 radical (unpaired) electrons. The van der Waals surface area contributed by atoms with Gasteiger partial charge in [0.15, 0.2) is 0 Å². The van der Waals surface area contributed by atoms with Crippen molar-refractivity contribution < 1.29 is 23.7 Å². The first-order valence-electron chi connectivity index (χ1n) is 8.20. The maximum absolute atomic E-state index is 8.88. The summed E-state index contributed by atoms with van der Waals surface area (Å²) in [4.78, 5) is 21.6. The van der Waals surface area contributed by atoms with Crippen molar-refractivity contribution in [2.45, 2.75) is 76.7 Å². The molecule has 0 heterocycles. The van der Waals surface area contributed by atoms with E-state index in [9.17, 15) is 0 Å². The summed E-state index contributed by atoms with van der Waals surface area (Å²) in [7, 11) is 2.48. The Balaban J connectivity index is 0.000000690. The van der Waals surface area contributed by atoms with Crippen molar-refractivity contribution in [1.29, 1.82) is 0 Å². The van der Waals surface area contributed by atoms with Gasteiger partial charge in [0.05, 0.1) is 27.2 Å². The molecule has 0 aromatic carbocycles. The largest absolute Gasteiger partial charge is 0.466 e. The fourth-order valence-electron chi connectivity index (χ4n) is 2.92. The molecule has 0 aromatic heterocycles. The van der Waals surface area contributed by atoms with E-state index in [2.05, 4.69) is 21.1 Å². The first-order valence-corrected chi connectivity index (χ1v) is 9.76. The summed E-state index contributed by atoms with van der Waals surface area (Å²) in [6.07, 6.45) is 16.1. The molecular weight excluding hydrogens is 289 g/mol. The fourth-order valence-corrected chi connectivity index (χ4v) is 2.92. The maximum Gasteiger partial charge on any atom is 0.466 e. The zero-order valence-corrected chi connectivity index (χ0v) is 14.9. The average molecular weight is 324 g/mol. The number of phosphoric acid groups is 1. The summed E-state index contributed by atoms with van der Waals surface area (Å²) in [5.41, 5.74) is 0. The van der Waals surface area contributed by atoms with Gasteiger partial charge >= 0.3 is 7.82 Å². The van der Waals surface area contributed by atoms with Crippen molar-refractivity contribution >= 4 is 7.82 Å². The molecule has 0 atom stereocenters. The van der Waals surface area contributed by atoms with Crippen LogP contribution in [-0.2, 0) is 4.57 Å². The number of quaternary nitrogens is 1. The number of nitrogens with zero attached hydrogens (tertiary/aromatic N) is 1. The summed E-state index contributed by atoms with van der Waals surface area (Å²) in [6.45, 7) is 0. The molecule has 0 spiro atoms. The molecule has 3 N–H and O–H groups in total. The number of hydrogen-bond acceptors (Lipinski definition) is 1. The van der Waals surface area contributed by atoms with Crippen LogP contribution in [0.3, 0.4) is 0 Å². The molecule has 128 valence electrons. The number of rotatable bonds is 1. The Bertz CT molecular complexity index is 278. The zero-order chi connectivity index (χ0) is 16.4. The Morgan fingerprint density at radius 2 is 0.952 bits per heavy atom. The molecule has 6 heteroatoms. The Morgan fingerprint density at radius 3 is 1.19 bits per heavy atom. The van der Waals surface area contributed by atoms with Crippen LogP contribution in [0.4, 0.5) is 0 Å². The molecule has 0 bridgehead atoms. The third kappa shape index (κ3) is 16.3. The fraction of sp³-hybridized carbons (Fsp3) is 1.00. The van der Waals surface area contributed by atoms with Crippen LogP contribution in [0, 0.1) is 0 Å². The van der Waals surface area contributed by atoms with Crippen molar-refractivity contribution in [2.75, 3.05) is 21.1 Å². The van der Waals surface area contributed by atoms with Crippen LogP contribution >= 0.6 is 7.82 Å². The van der Waals surface area contributed by atoms with Gasteiger partial charge in [0.25, 0.3) is 0 Å². The molecular formula is C15H35NO4P+. The van der Waals surface area contributed by atoms with E-state index < -0.39 is 7.82 Å². The van der Waals surface area contributed by atoms with Crippen LogP contribution < -0.4 is 0 Å². The smallest absolute Gasteiger partial charge is 0.328 e. The first kappa shape index (κ1) is 21.1. The van der Waals surface area contributed by atoms with E-state index in [4.69, 9.17) is 19.2 Å². The van der Waals surface area contributed by atoms with E-state index in [0.29, 0.717) is 0 Å². The first-order chi connectivity index (χ1) is 9.61. The molecule has 0 amide bonds. The molecule has 1 rings (SSSR count). The van der Waals surface area contributed by atoms with Gasteiger partial charge in [-0.2, -0.15) is 0 Å². The normalized spacial score (nSPS) is 20.7. The van der Waals surface area contributed by atoms with E-state index >= 15 is 0 Å². The Labute approximate surface area is 130 Å². The summed E-state index contributed by atoms with van der Waals surface area (Å²) in [5, 5.41) is 0. The monoisotopic (exact) mass is 324 g/mol. The number of hydrogen-bond donors (Lipinski definition) is 3. The Morgan fingerprint density at radius 1 is 0.714 bits per heavy atom. The van der Waals surface area contributed by atoms with Crippen molar-refractivity contribution in [1.82, 2.24) is 0 Å². The van der Waals surface area contributed by atoms with Crippen molar-refractivity contribution in [2.24, 2.45) is 0 Å². The van der Waals surface area contributed by atoms with E-state index in [-0.39, 0.29) is 0 Å². The lowest BCUT2D eigenvalue weighted by Gasteiger charge is -2.34. The second-order valence-corrected chi connectivity index (χ2v) is 8.07. The zero-order valence-electron chi connectivity index (χ0n) is 14.0. The lowest BCUT2D eigenvalue weighted by Crippen LogP contribution is -2.45. The highest BCUT2D eigenvalue weighted by Gasteiger charge is 2.22. The molecule has 21 heavy (non-hydrogen) atoms. The highest BCUT2D eigenvalue weighted by molar-refractivity contribution is 7.45. The lowest BCUT2D eigenvalue weighted by molar-refractivity contribution is -0.896. The maximum atomic E-state index is 8.88. The van der Waals surface area contributed by atoms with Gasteiger partial charge in [-0.05, 0) is 25.7 Å².